The van der Waals surface area contributed by atoms with Crippen molar-refractivity contribution in [2.24, 2.45) is 5.92 Å². The Morgan fingerprint density at radius 2 is 1.96 bits per heavy atom. The van der Waals surface area contributed by atoms with Gasteiger partial charge in [0.25, 0.3) is 5.69 Å². The van der Waals surface area contributed by atoms with E-state index in [-0.39, 0.29) is 12.3 Å². The van der Waals surface area contributed by atoms with Gasteiger partial charge in [-0.15, -0.1) is 0 Å². The molecule has 9 heteroatoms. The molecule has 1 aliphatic rings. The van der Waals surface area contributed by atoms with Gasteiger partial charge in [0.2, 0.25) is 11.9 Å². The summed E-state index contributed by atoms with van der Waals surface area (Å²) in [4.78, 5) is 40.3. The number of rotatable bonds is 4. The molecule has 2 heterocycles. The number of hydrogen-bond acceptors (Lipinski definition) is 6. The highest BCUT2D eigenvalue weighted by molar-refractivity contribution is 6.07. The van der Waals surface area contributed by atoms with Crippen LogP contribution in [0.4, 0.5) is 11.6 Å². The van der Waals surface area contributed by atoms with E-state index in [2.05, 4.69) is 10.3 Å². The van der Waals surface area contributed by atoms with Crippen LogP contribution < -0.4 is 5.32 Å². The highest BCUT2D eigenvalue weighted by Gasteiger charge is 2.44. The Hall–Kier alpha value is -3.75. The van der Waals surface area contributed by atoms with Crippen LogP contribution in [0.5, 0.6) is 0 Å². The molecule has 1 aliphatic heterocycles. The Labute approximate surface area is 159 Å². The molecule has 0 aliphatic carbocycles. The van der Waals surface area contributed by atoms with Crippen molar-refractivity contribution in [2.45, 2.75) is 13.0 Å². The molecule has 1 amide bonds. The van der Waals surface area contributed by atoms with Crippen molar-refractivity contribution in [3.63, 3.8) is 0 Å². The number of ether oxygens (including phenoxy) is 1. The van der Waals surface area contributed by atoms with Crippen molar-refractivity contribution in [2.75, 3.05) is 11.9 Å². The molecule has 2 atom stereocenters. The predicted molar refractivity (Wildman–Crippen MR) is 99.7 cm³/mol. The summed E-state index contributed by atoms with van der Waals surface area (Å²) in [5.74, 6) is -2.02. The maximum absolute atomic E-state index is 12.7. The van der Waals surface area contributed by atoms with Crippen molar-refractivity contribution in [1.82, 2.24) is 9.55 Å². The molecule has 2 aromatic carbocycles. The lowest BCUT2D eigenvalue weighted by Crippen LogP contribution is -2.43. The molecule has 0 unspecified atom stereocenters. The summed E-state index contributed by atoms with van der Waals surface area (Å²) in [6.07, 6.45) is 0. The lowest BCUT2D eigenvalue weighted by molar-refractivity contribution is -0.384. The summed E-state index contributed by atoms with van der Waals surface area (Å²) in [5, 5.41) is 13.7. The van der Waals surface area contributed by atoms with Gasteiger partial charge in [0, 0.05) is 12.1 Å². The number of aromatic nitrogens is 2. The number of esters is 1. The summed E-state index contributed by atoms with van der Waals surface area (Å²) < 4.78 is 6.89. The largest absolute Gasteiger partial charge is 0.465 e. The van der Waals surface area contributed by atoms with Gasteiger partial charge >= 0.3 is 5.97 Å². The maximum atomic E-state index is 12.7. The first-order chi connectivity index (χ1) is 13.5. The van der Waals surface area contributed by atoms with Gasteiger partial charge in [-0.2, -0.15) is 0 Å². The zero-order chi connectivity index (χ0) is 19.8. The number of nitrogens with zero attached hydrogens (tertiary/aromatic N) is 3. The van der Waals surface area contributed by atoms with Crippen LogP contribution in [0, 0.1) is 16.0 Å². The molecule has 4 rings (SSSR count). The Morgan fingerprint density at radius 3 is 2.64 bits per heavy atom. The van der Waals surface area contributed by atoms with Crippen molar-refractivity contribution in [3.05, 3.63) is 64.2 Å². The molecule has 3 aromatic rings. The van der Waals surface area contributed by atoms with E-state index in [0.717, 1.165) is 5.52 Å². The number of carbonyl (C=O) groups is 2. The SMILES string of the molecule is CCOC(=O)[C@@H]1C(=O)Nc2nc3ccccc3n2[C@H]1c1ccc([N+](=O)[O-])cc1. The van der Waals surface area contributed by atoms with Gasteiger partial charge in [0.1, 0.15) is 0 Å². The fourth-order valence-electron chi connectivity index (χ4n) is 3.50. The summed E-state index contributed by atoms with van der Waals surface area (Å²) in [6, 6.07) is 12.4. The number of imidazole rings is 1. The van der Waals surface area contributed by atoms with Crippen LogP contribution in [-0.4, -0.2) is 33.0 Å². The number of nitrogens with one attached hydrogen (secondary N) is 1. The number of fused-ring (bicyclic) bond motifs is 3. The maximum Gasteiger partial charge on any atom is 0.321 e. The van der Waals surface area contributed by atoms with Gasteiger partial charge in [0.15, 0.2) is 5.92 Å². The standard InChI is InChI=1S/C19H16N4O5/c1-2-28-18(25)15-16(11-7-9-12(10-8-11)23(26)27)22-14-6-4-3-5-13(14)20-19(22)21-17(15)24/h3-10,15-16H,2H2,1H3,(H,20,21,24)/t15-,16-/m0/s1. The predicted octanol–water partition coefficient (Wildman–Crippen LogP) is 2.67. The molecule has 142 valence electrons. The monoisotopic (exact) mass is 380 g/mol. The topological polar surface area (TPSA) is 116 Å². The van der Waals surface area contributed by atoms with Crippen molar-refractivity contribution < 1.29 is 19.2 Å². The number of nitro groups is 1. The van der Waals surface area contributed by atoms with Crippen LogP contribution in [0.25, 0.3) is 11.0 Å². The lowest BCUT2D eigenvalue weighted by Gasteiger charge is -2.32. The number of benzene rings is 2. The van der Waals surface area contributed by atoms with Crippen LogP contribution in [0.15, 0.2) is 48.5 Å². The Balaban J connectivity index is 1.92. The van der Waals surface area contributed by atoms with E-state index in [4.69, 9.17) is 4.74 Å². The number of nitro benzene ring substituents is 1. The Kier molecular flexibility index (Phi) is 4.26. The molecule has 0 bridgehead atoms. The molecular formula is C19H16N4O5. The molecular weight excluding hydrogens is 364 g/mol. The van der Waals surface area contributed by atoms with E-state index in [1.165, 1.54) is 12.1 Å². The minimum atomic E-state index is -1.15. The van der Waals surface area contributed by atoms with Crippen molar-refractivity contribution in [3.8, 4) is 0 Å². The normalized spacial score (nSPS) is 18.4. The third kappa shape index (κ3) is 2.77. The number of non-ortho nitro benzene ring substituents is 1. The minimum Gasteiger partial charge on any atom is -0.465 e. The average molecular weight is 380 g/mol. The quantitative estimate of drug-likeness (QED) is 0.322. The van der Waals surface area contributed by atoms with E-state index >= 15 is 0 Å². The zero-order valence-electron chi connectivity index (χ0n) is 14.9. The molecule has 0 radical (unpaired) electrons. The lowest BCUT2D eigenvalue weighted by atomic mass is 9.90. The number of carbonyl (C=O) groups excluding carboxylic acids is 2. The fourth-order valence-corrected chi connectivity index (χ4v) is 3.50. The van der Waals surface area contributed by atoms with Crippen LogP contribution >= 0.6 is 0 Å². The Morgan fingerprint density at radius 1 is 1.25 bits per heavy atom. The smallest absolute Gasteiger partial charge is 0.321 e. The Bertz CT molecular complexity index is 1090. The summed E-state index contributed by atoms with van der Waals surface area (Å²) in [7, 11) is 0. The molecule has 0 saturated heterocycles. The second kappa shape index (κ2) is 6.76. The van der Waals surface area contributed by atoms with Gasteiger partial charge in [-0.3, -0.25) is 25.0 Å². The molecule has 9 nitrogen and oxygen atoms in total. The first kappa shape index (κ1) is 17.7. The third-order valence-corrected chi connectivity index (χ3v) is 4.69. The highest BCUT2D eigenvalue weighted by Crippen LogP contribution is 2.38. The van der Waals surface area contributed by atoms with Crippen LogP contribution in [0.2, 0.25) is 0 Å². The van der Waals surface area contributed by atoms with Gasteiger partial charge in [-0.25, -0.2) is 4.98 Å². The van der Waals surface area contributed by atoms with Gasteiger partial charge in [-0.1, -0.05) is 24.3 Å². The van der Waals surface area contributed by atoms with E-state index in [1.54, 1.807) is 29.7 Å². The van der Waals surface area contributed by atoms with Crippen LogP contribution in [0.3, 0.4) is 0 Å². The first-order valence-electron chi connectivity index (χ1n) is 8.70. The van der Waals surface area contributed by atoms with Crippen LogP contribution in [0.1, 0.15) is 18.5 Å². The number of anilines is 1. The van der Waals surface area contributed by atoms with Gasteiger partial charge in [-0.05, 0) is 24.6 Å². The number of hydrogen-bond donors (Lipinski definition) is 1. The minimum absolute atomic E-state index is 0.0765. The first-order valence-corrected chi connectivity index (χ1v) is 8.70. The van der Waals surface area contributed by atoms with Crippen LogP contribution in [-0.2, 0) is 14.3 Å². The average Bonchev–Trinajstić information content (AvgIpc) is 3.05. The molecule has 28 heavy (non-hydrogen) atoms. The zero-order valence-corrected chi connectivity index (χ0v) is 14.9. The van der Waals surface area contributed by atoms with E-state index < -0.39 is 28.8 Å². The fraction of sp³-hybridized carbons (Fsp3) is 0.211. The van der Waals surface area contributed by atoms with E-state index in [0.29, 0.717) is 17.0 Å². The molecule has 0 saturated carbocycles. The molecule has 0 spiro atoms. The second-order valence-corrected chi connectivity index (χ2v) is 6.31. The second-order valence-electron chi connectivity index (χ2n) is 6.31. The van der Waals surface area contributed by atoms with Gasteiger partial charge < -0.3 is 9.30 Å². The number of para-hydroxylation sites is 2. The molecule has 1 aromatic heterocycles. The highest BCUT2D eigenvalue weighted by atomic mass is 16.6. The third-order valence-electron chi connectivity index (χ3n) is 4.69. The van der Waals surface area contributed by atoms with Crippen molar-refractivity contribution >= 4 is 34.5 Å². The number of amides is 1. The summed E-state index contributed by atoms with van der Waals surface area (Å²) in [5.41, 5.74) is 1.89. The summed E-state index contributed by atoms with van der Waals surface area (Å²) in [6.45, 7) is 1.80. The van der Waals surface area contributed by atoms with E-state index in [1.807, 2.05) is 18.2 Å². The van der Waals surface area contributed by atoms with E-state index in [9.17, 15) is 19.7 Å². The van der Waals surface area contributed by atoms with Gasteiger partial charge in [0.05, 0.1) is 28.6 Å². The molecule has 0 fully saturated rings. The van der Waals surface area contributed by atoms with Crippen molar-refractivity contribution in [1.29, 1.82) is 0 Å². The molecule has 1 N–H and O–H groups in total. The summed E-state index contributed by atoms with van der Waals surface area (Å²) >= 11 is 0.